The van der Waals surface area contributed by atoms with E-state index in [2.05, 4.69) is 31.8 Å². The average Bonchev–Trinajstić information content (AvgIpc) is 3.12. The summed E-state index contributed by atoms with van der Waals surface area (Å²) in [5.74, 6) is 0.956. The van der Waals surface area contributed by atoms with E-state index in [1.165, 1.54) is 18.3 Å². The zero-order valence-corrected chi connectivity index (χ0v) is 15.3. The fourth-order valence-corrected chi connectivity index (χ4v) is 2.44. The molecule has 0 aliphatic heterocycles. The SMILES string of the molecule is O=C(N/N=C/c1ccc(-c2ccc([N+](=O)[O-])cc2)o1)Nc1ccc(Br)cc1. The number of nitro benzene ring substituents is 1. The Kier molecular flexibility index (Phi) is 5.62. The molecule has 1 heterocycles. The summed E-state index contributed by atoms with van der Waals surface area (Å²) in [6, 6.07) is 16.0. The Hall–Kier alpha value is -3.46. The van der Waals surface area contributed by atoms with Gasteiger partial charge in [0, 0.05) is 27.9 Å². The number of carbonyl (C=O) groups is 1. The second kappa shape index (κ2) is 8.28. The molecule has 0 aliphatic carbocycles. The predicted octanol–water partition coefficient (Wildman–Crippen LogP) is 4.77. The minimum Gasteiger partial charge on any atom is -0.455 e. The molecule has 0 bridgehead atoms. The van der Waals surface area contributed by atoms with Crippen molar-refractivity contribution >= 4 is 39.6 Å². The van der Waals surface area contributed by atoms with Crippen molar-refractivity contribution in [1.29, 1.82) is 0 Å². The van der Waals surface area contributed by atoms with E-state index >= 15 is 0 Å². The van der Waals surface area contributed by atoms with Gasteiger partial charge in [-0.1, -0.05) is 15.9 Å². The maximum atomic E-state index is 11.8. The lowest BCUT2D eigenvalue weighted by atomic mass is 10.1. The fourth-order valence-electron chi connectivity index (χ4n) is 2.17. The van der Waals surface area contributed by atoms with E-state index in [0.29, 0.717) is 22.8 Å². The van der Waals surface area contributed by atoms with E-state index in [0.717, 1.165) is 4.47 Å². The number of nitrogens with zero attached hydrogens (tertiary/aromatic N) is 2. The number of non-ortho nitro benzene ring substituents is 1. The van der Waals surface area contributed by atoms with Crippen molar-refractivity contribution < 1.29 is 14.1 Å². The Bertz CT molecular complexity index is 981. The predicted molar refractivity (Wildman–Crippen MR) is 105 cm³/mol. The molecular weight excluding hydrogens is 416 g/mol. The van der Waals surface area contributed by atoms with E-state index in [9.17, 15) is 14.9 Å². The molecule has 136 valence electrons. The first-order valence-corrected chi connectivity index (χ1v) is 8.51. The third kappa shape index (κ3) is 5.02. The van der Waals surface area contributed by atoms with Gasteiger partial charge in [0.15, 0.2) is 0 Å². The molecule has 9 heteroatoms. The lowest BCUT2D eigenvalue weighted by Gasteiger charge is -2.03. The molecule has 0 radical (unpaired) electrons. The molecular formula is C18H13BrN4O4. The lowest BCUT2D eigenvalue weighted by Crippen LogP contribution is -2.24. The third-order valence-electron chi connectivity index (χ3n) is 3.45. The van der Waals surface area contributed by atoms with Crippen LogP contribution in [0.5, 0.6) is 0 Å². The van der Waals surface area contributed by atoms with Gasteiger partial charge in [0.2, 0.25) is 0 Å². The van der Waals surface area contributed by atoms with Gasteiger partial charge in [0.25, 0.3) is 5.69 Å². The number of rotatable bonds is 5. The number of hydrogen-bond donors (Lipinski definition) is 2. The van der Waals surface area contributed by atoms with Crippen molar-refractivity contribution in [2.24, 2.45) is 5.10 Å². The van der Waals surface area contributed by atoms with Crippen molar-refractivity contribution in [2.45, 2.75) is 0 Å². The van der Waals surface area contributed by atoms with Crippen molar-refractivity contribution in [3.05, 3.63) is 81.0 Å². The van der Waals surface area contributed by atoms with Gasteiger partial charge in [0.05, 0.1) is 11.1 Å². The van der Waals surface area contributed by atoms with Crippen LogP contribution in [0.25, 0.3) is 11.3 Å². The number of urea groups is 1. The second-order valence-electron chi connectivity index (χ2n) is 5.34. The molecule has 2 amide bonds. The van der Waals surface area contributed by atoms with E-state index in [1.54, 1.807) is 48.5 Å². The number of hydrazone groups is 1. The van der Waals surface area contributed by atoms with Crippen LogP contribution in [0.15, 0.2) is 74.7 Å². The van der Waals surface area contributed by atoms with E-state index in [1.807, 2.05) is 0 Å². The summed E-state index contributed by atoms with van der Waals surface area (Å²) < 4.78 is 6.50. The number of benzene rings is 2. The normalized spacial score (nSPS) is 10.7. The Morgan fingerprint density at radius 2 is 1.78 bits per heavy atom. The van der Waals surface area contributed by atoms with Crippen molar-refractivity contribution in [2.75, 3.05) is 5.32 Å². The van der Waals surface area contributed by atoms with Crippen LogP contribution in [0.2, 0.25) is 0 Å². The average molecular weight is 429 g/mol. The molecule has 0 saturated carbocycles. The van der Waals surface area contributed by atoms with Gasteiger partial charge >= 0.3 is 6.03 Å². The Morgan fingerprint density at radius 3 is 2.44 bits per heavy atom. The minimum atomic E-state index is -0.490. The Balaban J connectivity index is 1.57. The molecule has 0 atom stereocenters. The minimum absolute atomic E-state index is 0.00748. The maximum absolute atomic E-state index is 11.8. The fraction of sp³-hybridized carbons (Fsp3) is 0. The molecule has 3 aromatic rings. The number of anilines is 1. The number of carbonyl (C=O) groups excluding carboxylic acids is 1. The second-order valence-corrected chi connectivity index (χ2v) is 6.25. The van der Waals surface area contributed by atoms with Crippen LogP contribution in [0, 0.1) is 10.1 Å². The first-order chi connectivity index (χ1) is 13.0. The summed E-state index contributed by atoms with van der Waals surface area (Å²) in [6.07, 6.45) is 1.36. The highest BCUT2D eigenvalue weighted by atomic mass is 79.9. The van der Waals surface area contributed by atoms with Crippen molar-refractivity contribution in [3.63, 3.8) is 0 Å². The highest BCUT2D eigenvalue weighted by molar-refractivity contribution is 9.10. The van der Waals surface area contributed by atoms with Gasteiger partial charge in [-0.15, -0.1) is 0 Å². The monoisotopic (exact) mass is 428 g/mol. The van der Waals surface area contributed by atoms with Crippen LogP contribution in [-0.2, 0) is 0 Å². The summed E-state index contributed by atoms with van der Waals surface area (Å²) in [7, 11) is 0. The van der Waals surface area contributed by atoms with Gasteiger partial charge in [-0.3, -0.25) is 10.1 Å². The van der Waals surface area contributed by atoms with Crippen molar-refractivity contribution in [3.8, 4) is 11.3 Å². The highest BCUT2D eigenvalue weighted by Gasteiger charge is 2.08. The maximum Gasteiger partial charge on any atom is 0.339 e. The van der Waals surface area contributed by atoms with Gasteiger partial charge in [0.1, 0.15) is 11.5 Å². The number of furan rings is 1. The van der Waals surface area contributed by atoms with Crippen LogP contribution in [0.3, 0.4) is 0 Å². The van der Waals surface area contributed by atoms with Gasteiger partial charge in [-0.05, 0) is 48.5 Å². The summed E-state index contributed by atoms with van der Waals surface area (Å²) in [6.45, 7) is 0. The quantitative estimate of drug-likeness (QED) is 0.346. The molecule has 0 unspecified atom stereocenters. The summed E-state index contributed by atoms with van der Waals surface area (Å²) in [5.41, 5.74) is 3.67. The first kappa shape index (κ1) is 18.3. The lowest BCUT2D eigenvalue weighted by molar-refractivity contribution is -0.384. The third-order valence-corrected chi connectivity index (χ3v) is 3.98. The topological polar surface area (TPSA) is 110 Å². The number of nitro groups is 1. The van der Waals surface area contributed by atoms with Crippen molar-refractivity contribution in [1.82, 2.24) is 5.43 Å². The molecule has 0 saturated heterocycles. The summed E-state index contributed by atoms with van der Waals surface area (Å²) in [5, 5.41) is 17.1. The molecule has 0 fully saturated rings. The van der Waals surface area contributed by atoms with Crippen LogP contribution >= 0.6 is 15.9 Å². The molecule has 3 rings (SSSR count). The summed E-state index contributed by atoms with van der Waals surface area (Å²) >= 11 is 3.32. The van der Waals surface area contributed by atoms with Gasteiger partial charge < -0.3 is 9.73 Å². The van der Waals surface area contributed by atoms with Crippen LogP contribution in [-0.4, -0.2) is 17.2 Å². The smallest absolute Gasteiger partial charge is 0.339 e. The molecule has 0 aliphatic rings. The van der Waals surface area contributed by atoms with Crippen LogP contribution in [0.1, 0.15) is 5.76 Å². The summed E-state index contributed by atoms with van der Waals surface area (Å²) in [4.78, 5) is 22.0. The van der Waals surface area contributed by atoms with Gasteiger partial charge in [-0.2, -0.15) is 5.10 Å². The molecule has 27 heavy (non-hydrogen) atoms. The molecule has 0 spiro atoms. The number of nitrogens with one attached hydrogen (secondary N) is 2. The molecule has 8 nitrogen and oxygen atoms in total. The highest BCUT2D eigenvalue weighted by Crippen LogP contribution is 2.24. The Morgan fingerprint density at radius 1 is 1.07 bits per heavy atom. The Labute approximate surface area is 162 Å². The largest absolute Gasteiger partial charge is 0.455 e. The molecule has 2 aromatic carbocycles. The van der Waals surface area contributed by atoms with Crippen LogP contribution in [0.4, 0.5) is 16.2 Å². The first-order valence-electron chi connectivity index (χ1n) is 7.71. The van der Waals surface area contributed by atoms with Gasteiger partial charge in [-0.25, -0.2) is 10.2 Å². The zero-order valence-electron chi connectivity index (χ0n) is 13.8. The van der Waals surface area contributed by atoms with E-state index in [4.69, 9.17) is 4.42 Å². The number of amides is 2. The molecule has 1 aromatic heterocycles. The zero-order chi connectivity index (χ0) is 19.2. The molecule has 2 N–H and O–H groups in total. The standard InChI is InChI=1S/C18H13BrN4O4/c19-13-3-5-14(6-4-13)21-18(24)22-20-11-16-9-10-17(27-16)12-1-7-15(8-2-12)23(25)26/h1-11H,(H2,21,22,24)/b20-11+. The van der Waals surface area contributed by atoms with E-state index < -0.39 is 11.0 Å². The van der Waals surface area contributed by atoms with E-state index in [-0.39, 0.29) is 5.69 Å². The number of hydrogen-bond acceptors (Lipinski definition) is 5. The van der Waals surface area contributed by atoms with Crippen LogP contribution < -0.4 is 10.7 Å². The number of halogens is 1.